The van der Waals surface area contributed by atoms with Crippen molar-refractivity contribution in [3.8, 4) is 17.1 Å². The summed E-state index contributed by atoms with van der Waals surface area (Å²) in [5.41, 5.74) is 3.42. The van der Waals surface area contributed by atoms with Crippen molar-refractivity contribution in [2.45, 2.75) is 40.7 Å². The Hall–Kier alpha value is -3.68. The molecule has 0 saturated carbocycles. The van der Waals surface area contributed by atoms with E-state index >= 15 is 0 Å². The van der Waals surface area contributed by atoms with Crippen LogP contribution in [0, 0.1) is 6.92 Å². The van der Waals surface area contributed by atoms with E-state index in [1.807, 2.05) is 38.2 Å². The van der Waals surface area contributed by atoms with Crippen LogP contribution in [0.15, 0.2) is 48.9 Å². The van der Waals surface area contributed by atoms with Gasteiger partial charge in [-0.3, -0.25) is 4.98 Å². The zero-order valence-electron chi connectivity index (χ0n) is 18.3. The van der Waals surface area contributed by atoms with Crippen molar-refractivity contribution in [3.63, 3.8) is 0 Å². The van der Waals surface area contributed by atoms with Crippen LogP contribution in [0.3, 0.4) is 0 Å². The summed E-state index contributed by atoms with van der Waals surface area (Å²) < 4.78 is 5.46. The van der Waals surface area contributed by atoms with E-state index in [4.69, 9.17) is 9.72 Å². The summed E-state index contributed by atoms with van der Waals surface area (Å²) in [6.07, 6.45) is 6.32. The monoisotopic (exact) mass is 436 g/mol. The Balaban J connectivity index is 0.00000363. The van der Waals surface area contributed by atoms with Crippen molar-refractivity contribution in [2.75, 3.05) is 24.3 Å². The number of benzene rings is 1. The second kappa shape index (κ2) is 11.6. The van der Waals surface area contributed by atoms with Gasteiger partial charge in [-0.15, -0.1) is 0 Å². The van der Waals surface area contributed by atoms with Crippen LogP contribution >= 0.6 is 0 Å². The summed E-state index contributed by atoms with van der Waals surface area (Å²) in [4.78, 5) is 25.3. The number of ether oxygens (including phenoxy) is 1. The van der Waals surface area contributed by atoms with Crippen molar-refractivity contribution in [1.82, 2.24) is 20.3 Å². The maximum atomic E-state index is 11.9. The molecule has 170 valence electrons. The van der Waals surface area contributed by atoms with Crippen LogP contribution in [0.4, 0.5) is 16.3 Å². The molecule has 0 bridgehead atoms. The molecule has 2 aromatic heterocycles. The lowest BCUT2D eigenvalue weighted by molar-refractivity contribution is 0.252. The number of urea groups is 1. The fourth-order valence-corrected chi connectivity index (χ4v) is 3.16. The average Bonchev–Trinajstić information content (AvgIpc) is 2.79. The lowest BCUT2D eigenvalue weighted by Gasteiger charge is -2.19. The van der Waals surface area contributed by atoms with Gasteiger partial charge in [-0.2, -0.15) is 0 Å². The molecular weight excluding hydrogens is 404 g/mol. The number of hydrogen-bond donors (Lipinski definition) is 3. The lowest BCUT2D eigenvalue weighted by Crippen LogP contribution is -2.28. The molecule has 0 fully saturated rings. The molecule has 1 atom stereocenters. The minimum atomic E-state index is -0.285. The van der Waals surface area contributed by atoms with E-state index in [1.54, 1.807) is 25.6 Å². The Kier molecular flexibility index (Phi) is 8.95. The molecule has 8 nitrogen and oxygen atoms in total. The molecule has 0 aliphatic heterocycles. The van der Waals surface area contributed by atoms with Gasteiger partial charge in [0, 0.05) is 36.3 Å². The van der Waals surface area contributed by atoms with Gasteiger partial charge in [0.05, 0.1) is 18.8 Å². The van der Waals surface area contributed by atoms with Gasteiger partial charge in [0.1, 0.15) is 11.6 Å². The van der Waals surface area contributed by atoms with Crippen molar-refractivity contribution < 1.29 is 9.53 Å². The summed E-state index contributed by atoms with van der Waals surface area (Å²) in [5, 5.41) is 8.99. The quantitative estimate of drug-likeness (QED) is 0.449. The Morgan fingerprint density at radius 2 is 2.00 bits per heavy atom. The number of aromatic nitrogens is 3. The van der Waals surface area contributed by atoms with Gasteiger partial charge in [0.2, 0.25) is 0 Å². The summed E-state index contributed by atoms with van der Waals surface area (Å²) >= 11 is 0. The van der Waals surface area contributed by atoms with E-state index in [2.05, 4.69) is 38.9 Å². The Labute approximate surface area is 189 Å². The highest BCUT2D eigenvalue weighted by molar-refractivity contribution is 5.91. The molecule has 3 aromatic rings. The van der Waals surface area contributed by atoms with Crippen LogP contribution in [-0.4, -0.2) is 34.6 Å². The molecule has 32 heavy (non-hydrogen) atoms. The van der Waals surface area contributed by atoms with E-state index in [0.29, 0.717) is 23.8 Å². The summed E-state index contributed by atoms with van der Waals surface area (Å²) in [7, 11) is 1.56. The van der Waals surface area contributed by atoms with E-state index in [9.17, 15) is 4.79 Å². The number of nitrogens with zero attached hydrogens (tertiary/aromatic N) is 3. The number of rotatable bonds is 8. The SMILES string of the molecule is C.CCNC(=O)Nc1ccc(-c2ncc(C)c(N[C@@H](CC)c3cccnc3)n2)cc1OC. The first-order valence-corrected chi connectivity index (χ1v) is 10.3. The molecule has 0 aliphatic carbocycles. The first kappa shape index (κ1) is 24.6. The number of carbonyl (C=O) groups is 1. The van der Waals surface area contributed by atoms with E-state index in [-0.39, 0.29) is 19.5 Å². The first-order chi connectivity index (χ1) is 15.0. The zero-order valence-corrected chi connectivity index (χ0v) is 18.3. The van der Waals surface area contributed by atoms with Crippen LogP contribution in [0.5, 0.6) is 5.75 Å². The molecule has 2 amide bonds. The maximum Gasteiger partial charge on any atom is 0.319 e. The van der Waals surface area contributed by atoms with Gasteiger partial charge in [-0.1, -0.05) is 20.4 Å². The molecular formula is C24H32N6O2. The Morgan fingerprint density at radius 3 is 2.66 bits per heavy atom. The second-order valence-electron chi connectivity index (χ2n) is 7.02. The molecule has 0 radical (unpaired) electrons. The average molecular weight is 437 g/mol. The third-order valence-corrected chi connectivity index (χ3v) is 4.82. The predicted octanol–water partition coefficient (Wildman–Crippen LogP) is 5.20. The highest BCUT2D eigenvalue weighted by Crippen LogP contribution is 2.31. The fourth-order valence-electron chi connectivity index (χ4n) is 3.16. The highest BCUT2D eigenvalue weighted by Gasteiger charge is 2.15. The number of carbonyl (C=O) groups excluding carboxylic acids is 1. The summed E-state index contributed by atoms with van der Waals surface area (Å²) in [6.45, 7) is 6.49. The van der Waals surface area contributed by atoms with E-state index in [0.717, 1.165) is 28.9 Å². The van der Waals surface area contributed by atoms with Crippen LogP contribution < -0.4 is 20.7 Å². The first-order valence-electron chi connectivity index (χ1n) is 10.3. The van der Waals surface area contributed by atoms with Crippen LogP contribution in [0.1, 0.15) is 44.9 Å². The predicted molar refractivity (Wildman–Crippen MR) is 129 cm³/mol. The van der Waals surface area contributed by atoms with Gasteiger partial charge >= 0.3 is 6.03 Å². The van der Waals surface area contributed by atoms with Gasteiger partial charge in [0.15, 0.2) is 5.82 Å². The van der Waals surface area contributed by atoms with Crippen LogP contribution in [-0.2, 0) is 0 Å². The lowest BCUT2D eigenvalue weighted by atomic mass is 10.1. The molecule has 3 rings (SSSR count). The van der Waals surface area contributed by atoms with Crippen molar-refractivity contribution >= 4 is 17.5 Å². The molecule has 0 unspecified atom stereocenters. The minimum Gasteiger partial charge on any atom is -0.495 e. The van der Waals surface area contributed by atoms with E-state index < -0.39 is 0 Å². The van der Waals surface area contributed by atoms with Gasteiger partial charge < -0.3 is 20.7 Å². The molecule has 1 aromatic carbocycles. The minimum absolute atomic E-state index is 0. The van der Waals surface area contributed by atoms with Gasteiger partial charge in [0.25, 0.3) is 0 Å². The highest BCUT2D eigenvalue weighted by atomic mass is 16.5. The van der Waals surface area contributed by atoms with Crippen molar-refractivity contribution in [3.05, 3.63) is 60.0 Å². The standard InChI is InChI=1S/C23H28N6O2.CH4/c1-5-18(17-8-7-11-24-14-17)27-21-15(3)13-26-22(29-21)16-9-10-19(20(12-16)31-4)28-23(30)25-6-2;/h7-14,18H,5-6H2,1-4H3,(H2,25,28,30)(H,26,27,29);1H4/t18-;/m0./s1. The molecule has 0 spiro atoms. The number of nitrogens with one attached hydrogen (secondary N) is 3. The number of anilines is 2. The summed E-state index contributed by atoms with van der Waals surface area (Å²) in [5.74, 6) is 1.87. The number of amides is 2. The number of hydrogen-bond acceptors (Lipinski definition) is 6. The van der Waals surface area contributed by atoms with Crippen LogP contribution in [0.2, 0.25) is 0 Å². The third kappa shape index (κ3) is 5.94. The van der Waals surface area contributed by atoms with Crippen molar-refractivity contribution in [1.29, 1.82) is 0 Å². The Bertz CT molecular complexity index is 1030. The fraction of sp³-hybridized carbons (Fsp3) is 0.333. The molecule has 2 heterocycles. The van der Waals surface area contributed by atoms with Crippen molar-refractivity contribution in [2.24, 2.45) is 0 Å². The largest absolute Gasteiger partial charge is 0.495 e. The second-order valence-corrected chi connectivity index (χ2v) is 7.02. The van der Waals surface area contributed by atoms with Crippen LogP contribution in [0.25, 0.3) is 11.4 Å². The topological polar surface area (TPSA) is 101 Å². The molecule has 0 saturated heterocycles. The Morgan fingerprint density at radius 1 is 1.19 bits per heavy atom. The normalized spacial score (nSPS) is 11.1. The van der Waals surface area contributed by atoms with Gasteiger partial charge in [-0.25, -0.2) is 14.8 Å². The maximum absolute atomic E-state index is 11.9. The summed E-state index contributed by atoms with van der Waals surface area (Å²) in [6, 6.07) is 9.24. The zero-order chi connectivity index (χ0) is 22.2. The van der Waals surface area contributed by atoms with E-state index in [1.165, 1.54) is 0 Å². The number of aryl methyl sites for hydroxylation is 1. The number of pyridine rings is 1. The smallest absolute Gasteiger partial charge is 0.319 e. The third-order valence-electron chi connectivity index (χ3n) is 4.82. The van der Waals surface area contributed by atoms with Gasteiger partial charge in [-0.05, 0) is 50.1 Å². The molecule has 0 aliphatic rings. The molecule has 8 heteroatoms. The molecule has 3 N–H and O–H groups in total. The number of methoxy groups -OCH3 is 1.